The minimum absolute atomic E-state index is 0.0103. The molecule has 122 valence electrons. The van der Waals surface area contributed by atoms with Gasteiger partial charge in [0.2, 0.25) is 0 Å². The van der Waals surface area contributed by atoms with Gasteiger partial charge in [-0.1, -0.05) is 0 Å². The Morgan fingerprint density at radius 1 is 1.17 bits per heavy atom. The number of benzene rings is 2. The molecule has 0 atom stereocenters. The van der Waals surface area contributed by atoms with Crippen molar-refractivity contribution >= 4 is 11.6 Å². The summed E-state index contributed by atoms with van der Waals surface area (Å²) in [5.41, 5.74) is 0.451. The van der Waals surface area contributed by atoms with Crippen molar-refractivity contribution < 1.29 is 22.7 Å². The third-order valence-electron chi connectivity index (χ3n) is 3.31. The number of halogens is 2. The zero-order valence-corrected chi connectivity index (χ0v) is 12.5. The van der Waals surface area contributed by atoms with Gasteiger partial charge in [0.25, 0.3) is 5.91 Å². The molecule has 5 nitrogen and oxygen atoms in total. The number of nitrogens with one attached hydrogen (secondary N) is 1. The molecule has 7 heteroatoms. The number of aromatic nitrogens is 1. The first-order valence-corrected chi connectivity index (χ1v) is 6.93. The van der Waals surface area contributed by atoms with E-state index in [-0.39, 0.29) is 17.1 Å². The molecule has 1 N–H and O–H groups in total. The second-order valence-corrected chi connectivity index (χ2v) is 4.84. The molecule has 3 rings (SSSR count). The monoisotopic (exact) mass is 330 g/mol. The molecule has 0 aliphatic heterocycles. The Morgan fingerprint density at radius 2 is 1.92 bits per heavy atom. The van der Waals surface area contributed by atoms with Gasteiger partial charge in [0.15, 0.2) is 17.8 Å². The van der Waals surface area contributed by atoms with Crippen LogP contribution in [0.1, 0.15) is 10.5 Å². The molecule has 0 saturated heterocycles. The van der Waals surface area contributed by atoms with Crippen molar-refractivity contribution in [2.24, 2.45) is 0 Å². The van der Waals surface area contributed by atoms with Crippen molar-refractivity contribution in [1.82, 2.24) is 4.98 Å². The number of ether oxygens (including phenoxy) is 1. The van der Waals surface area contributed by atoms with E-state index in [2.05, 4.69) is 10.3 Å². The average Bonchev–Trinajstić information content (AvgIpc) is 3.07. The number of amides is 1. The van der Waals surface area contributed by atoms with Crippen LogP contribution in [0.25, 0.3) is 11.3 Å². The molecule has 1 aromatic heterocycles. The molecule has 0 unspecified atom stereocenters. The number of carbonyl (C=O) groups is 1. The van der Waals surface area contributed by atoms with Crippen molar-refractivity contribution in [3.8, 4) is 17.1 Å². The molecule has 0 aliphatic rings. The summed E-state index contributed by atoms with van der Waals surface area (Å²) < 4.78 is 36.9. The van der Waals surface area contributed by atoms with E-state index in [0.29, 0.717) is 17.4 Å². The SMILES string of the molecule is COc1ccc(-c2ocnc2C(=O)Nc2ccc(F)cc2F)cc1. The van der Waals surface area contributed by atoms with Gasteiger partial charge in [-0.2, -0.15) is 0 Å². The third kappa shape index (κ3) is 3.10. The Bertz CT molecular complexity index is 876. The lowest BCUT2D eigenvalue weighted by molar-refractivity contribution is 0.102. The van der Waals surface area contributed by atoms with Crippen LogP contribution in [0, 0.1) is 11.6 Å². The topological polar surface area (TPSA) is 64.4 Å². The summed E-state index contributed by atoms with van der Waals surface area (Å²) >= 11 is 0. The molecule has 1 amide bonds. The summed E-state index contributed by atoms with van der Waals surface area (Å²) in [6, 6.07) is 9.69. The van der Waals surface area contributed by atoms with E-state index in [1.807, 2.05) is 0 Å². The first-order chi connectivity index (χ1) is 11.6. The lowest BCUT2D eigenvalue weighted by Crippen LogP contribution is -2.14. The van der Waals surface area contributed by atoms with Crippen molar-refractivity contribution in [1.29, 1.82) is 0 Å². The van der Waals surface area contributed by atoms with Gasteiger partial charge in [0.05, 0.1) is 12.8 Å². The Labute approximate surface area is 135 Å². The van der Waals surface area contributed by atoms with Crippen LogP contribution in [0.5, 0.6) is 5.75 Å². The molecule has 0 bridgehead atoms. The maximum Gasteiger partial charge on any atom is 0.278 e. The maximum atomic E-state index is 13.6. The van der Waals surface area contributed by atoms with Crippen molar-refractivity contribution in [2.75, 3.05) is 12.4 Å². The molecule has 0 fully saturated rings. The second-order valence-electron chi connectivity index (χ2n) is 4.84. The normalized spacial score (nSPS) is 10.5. The van der Waals surface area contributed by atoms with Gasteiger partial charge in [-0.15, -0.1) is 0 Å². The number of nitrogens with zero attached hydrogens (tertiary/aromatic N) is 1. The van der Waals surface area contributed by atoms with Crippen LogP contribution in [0.2, 0.25) is 0 Å². The predicted octanol–water partition coefficient (Wildman–Crippen LogP) is 3.88. The van der Waals surface area contributed by atoms with Crippen molar-refractivity contribution in [3.63, 3.8) is 0 Å². The first kappa shape index (κ1) is 15.7. The van der Waals surface area contributed by atoms with Crippen LogP contribution in [0.15, 0.2) is 53.3 Å². The standard InChI is InChI=1S/C17H12F2N2O3/c1-23-12-5-2-10(3-6-12)16-15(20-9-24-16)17(22)21-14-7-4-11(18)8-13(14)19/h2-9H,1H3,(H,21,22). The number of hydrogen-bond donors (Lipinski definition) is 1. The fourth-order valence-corrected chi connectivity index (χ4v) is 2.13. The summed E-state index contributed by atoms with van der Waals surface area (Å²) in [7, 11) is 1.54. The number of rotatable bonds is 4. The summed E-state index contributed by atoms with van der Waals surface area (Å²) in [5, 5.41) is 2.34. The summed E-state index contributed by atoms with van der Waals surface area (Å²) in [5.74, 6) is -1.39. The third-order valence-corrected chi connectivity index (χ3v) is 3.31. The van der Waals surface area contributed by atoms with E-state index in [0.717, 1.165) is 18.5 Å². The van der Waals surface area contributed by atoms with Crippen LogP contribution in [0.4, 0.5) is 14.5 Å². The van der Waals surface area contributed by atoms with E-state index >= 15 is 0 Å². The number of carbonyl (C=O) groups excluding carboxylic acids is 1. The highest BCUT2D eigenvalue weighted by atomic mass is 19.1. The quantitative estimate of drug-likeness (QED) is 0.788. The first-order valence-electron chi connectivity index (χ1n) is 6.93. The molecule has 2 aromatic carbocycles. The molecule has 3 aromatic rings. The summed E-state index contributed by atoms with van der Waals surface area (Å²) in [6.45, 7) is 0. The number of oxazole rings is 1. The van der Waals surface area contributed by atoms with Crippen LogP contribution in [0.3, 0.4) is 0 Å². The minimum atomic E-state index is -0.877. The van der Waals surface area contributed by atoms with Crippen LogP contribution < -0.4 is 10.1 Å². The predicted molar refractivity (Wildman–Crippen MR) is 82.8 cm³/mol. The molecule has 24 heavy (non-hydrogen) atoms. The van der Waals surface area contributed by atoms with Gasteiger partial charge >= 0.3 is 0 Å². The summed E-state index contributed by atoms with van der Waals surface area (Å²) in [4.78, 5) is 16.2. The molecular weight excluding hydrogens is 318 g/mol. The number of anilines is 1. The van der Waals surface area contributed by atoms with Gasteiger partial charge in [-0.25, -0.2) is 13.8 Å². The maximum absolute atomic E-state index is 13.6. The molecule has 0 radical (unpaired) electrons. The molecular formula is C17H12F2N2O3. The lowest BCUT2D eigenvalue weighted by Gasteiger charge is -2.06. The minimum Gasteiger partial charge on any atom is -0.497 e. The molecule has 1 heterocycles. The summed E-state index contributed by atoms with van der Waals surface area (Å²) in [6.07, 6.45) is 1.12. The van der Waals surface area contributed by atoms with E-state index in [1.54, 1.807) is 31.4 Å². The highest BCUT2D eigenvalue weighted by molar-refractivity contribution is 6.06. The van der Waals surface area contributed by atoms with E-state index in [1.165, 1.54) is 0 Å². The van der Waals surface area contributed by atoms with Gasteiger partial charge in [-0.3, -0.25) is 4.79 Å². The zero-order valence-electron chi connectivity index (χ0n) is 12.5. The molecule has 0 aliphatic carbocycles. The smallest absolute Gasteiger partial charge is 0.278 e. The Kier molecular flexibility index (Phi) is 4.24. The van der Waals surface area contributed by atoms with Gasteiger partial charge in [-0.05, 0) is 36.4 Å². The van der Waals surface area contributed by atoms with Crippen molar-refractivity contribution in [3.05, 3.63) is 66.2 Å². The average molecular weight is 330 g/mol. The zero-order chi connectivity index (χ0) is 17.1. The van der Waals surface area contributed by atoms with Crippen LogP contribution >= 0.6 is 0 Å². The molecule has 0 saturated carbocycles. The fraction of sp³-hybridized carbons (Fsp3) is 0.0588. The highest BCUT2D eigenvalue weighted by Crippen LogP contribution is 2.26. The fourth-order valence-electron chi connectivity index (χ4n) is 2.13. The van der Waals surface area contributed by atoms with E-state index in [9.17, 15) is 13.6 Å². The Morgan fingerprint density at radius 3 is 2.58 bits per heavy atom. The number of hydrogen-bond acceptors (Lipinski definition) is 4. The molecule has 0 spiro atoms. The Balaban J connectivity index is 1.87. The Hall–Kier alpha value is -3.22. The van der Waals surface area contributed by atoms with Crippen molar-refractivity contribution in [2.45, 2.75) is 0 Å². The van der Waals surface area contributed by atoms with Gasteiger partial charge in [0.1, 0.15) is 17.4 Å². The number of methoxy groups -OCH3 is 1. The second kappa shape index (κ2) is 6.49. The van der Waals surface area contributed by atoms with E-state index < -0.39 is 17.5 Å². The van der Waals surface area contributed by atoms with E-state index in [4.69, 9.17) is 9.15 Å². The lowest BCUT2D eigenvalue weighted by atomic mass is 10.1. The van der Waals surface area contributed by atoms with Gasteiger partial charge < -0.3 is 14.5 Å². The largest absolute Gasteiger partial charge is 0.497 e. The van der Waals surface area contributed by atoms with Gasteiger partial charge in [0, 0.05) is 11.6 Å². The van der Waals surface area contributed by atoms with Crippen LogP contribution in [-0.2, 0) is 0 Å². The highest BCUT2D eigenvalue weighted by Gasteiger charge is 2.19. The van der Waals surface area contributed by atoms with Crippen LogP contribution in [-0.4, -0.2) is 18.0 Å².